The first-order valence-corrected chi connectivity index (χ1v) is 4.75. The summed E-state index contributed by atoms with van der Waals surface area (Å²) in [5.74, 6) is 0.727. The van der Waals surface area contributed by atoms with Gasteiger partial charge in [-0.1, -0.05) is 23.4 Å². The third-order valence-corrected chi connectivity index (χ3v) is 2.28. The lowest BCUT2D eigenvalue weighted by Crippen LogP contribution is -2.03. The number of hydrogen-bond acceptors (Lipinski definition) is 2. The van der Waals surface area contributed by atoms with Gasteiger partial charge in [0.1, 0.15) is 7.11 Å². The minimum Gasteiger partial charge on any atom is -0.399 e. The number of rotatable bonds is 3. The van der Waals surface area contributed by atoms with Gasteiger partial charge in [0.15, 0.2) is 0 Å². The van der Waals surface area contributed by atoms with Crippen LogP contribution < -0.4 is 0 Å². The van der Waals surface area contributed by atoms with Crippen molar-refractivity contribution in [1.29, 1.82) is 0 Å². The highest BCUT2D eigenvalue weighted by molar-refractivity contribution is 5.78. The van der Waals surface area contributed by atoms with Crippen molar-refractivity contribution in [3.05, 3.63) is 23.8 Å². The summed E-state index contributed by atoms with van der Waals surface area (Å²) in [5, 5.41) is 3.76. The number of oxime groups is 1. The van der Waals surface area contributed by atoms with E-state index in [2.05, 4.69) is 35.1 Å². The van der Waals surface area contributed by atoms with Crippen molar-refractivity contribution in [2.24, 2.45) is 11.1 Å². The van der Waals surface area contributed by atoms with Crippen molar-refractivity contribution in [2.45, 2.75) is 26.2 Å². The fourth-order valence-electron chi connectivity index (χ4n) is 1.56. The van der Waals surface area contributed by atoms with Crippen LogP contribution in [-0.2, 0) is 4.84 Å². The van der Waals surface area contributed by atoms with Crippen LogP contribution in [0.2, 0.25) is 0 Å². The highest BCUT2D eigenvalue weighted by Crippen LogP contribution is 2.23. The predicted molar refractivity (Wildman–Crippen MR) is 55.7 cm³/mol. The van der Waals surface area contributed by atoms with E-state index in [9.17, 15) is 0 Å². The van der Waals surface area contributed by atoms with Crippen molar-refractivity contribution in [3.63, 3.8) is 0 Å². The molecule has 1 rings (SSSR count). The summed E-state index contributed by atoms with van der Waals surface area (Å²) in [6.07, 6.45) is 11.9. The van der Waals surface area contributed by atoms with Crippen molar-refractivity contribution in [1.82, 2.24) is 0 Å². The Bertz CT molecular complexity index is 228. The lowest BCUT2D eigenvalue weighted by atomic mass is 9.90. The van der Waals surface area contributed by atoms with Gasteiger partial charge in [-0.05, 0) is 37.7 Å². The minimum absolute atomic E-state index is 0.727. The second-order valence-electron chi connectivity index (χ2n) is 3.26. The molecule has 1 atom stereocenters. The summed E-state index contributed by atoms with van der Waals surface area (Å²) >= 11 is 0. The monoisotopic (exact) mass is 179 g/mol. The Morgan fingerprint density at radius 2 is 2.46 bits per heavy atom. The summed E-state index contributed by atoms with van der Waals surface area (Å²) in [7, 11) is 1.57. The second-order valence-corrected chi connectivity index (χ2v) is 3.26. The summed E-state index contributed by atoms with van der Waals surface area (Å²) < 4.78 is 0. The molecule has 0 saturated heterocycles. The molecule has 2 nitrogen and oxygen atoms in total. The van der Waals surface area contributed by atoms with Crippen molar-refractivity contribution in [3.8, 4) is 0 Å². The zero-order chi connectivity index (χ0) is 9.52. The van der Waals surface area contributed by atoms with Gasteiger partial charge in [-0.2, -0.15) is 0 Å². The van der Waals surface area contributed by atoms with E-state index in [0.717, 1.165) is 18.8 Å². The van der Waals surface area contributed by atoms with E-state index >= 15 is 0 Å². The highest BCUT2D eigenvalue weighted by Gasteiger charge is 2.09. The Kier molecular flexibility index (Phi) is 4.30. The molecule has 13 heavy (non-hydrogen) atoms. The fraction of sp³-hybridized carbons (Fsp3) is 0.545. The topological polar surface area (TPSA) is 21.6 Å². The highest BCUT2D eigenvalue weighted by atomic mass is 16.6. The largest absolute Gasteiger partial charge is 0.399 e. The Morgan fingerprint density at radius 3 is 3.00 bits per heavy atom. The Labute approximate surface area is 80.0 Å². The standard InChI is InChI=1S/C11H17NO/c1-3-4-10-5-7-11(8-6-10)9-12-13-2/h3-4,7,9-10H,5-6,8H2,1-2H3/b4-3+,12-9+. The van der Waals surface area contributed by atoms with Crippen LogP contribution in [0.3, 0.4) is 0 Å². The maximum atomic E-state index is 4.63. The molecule has 0 heterocycles. The van der Waals surface area contributed by atoms with Crippen LogP contribution in [0.15, 0.2) is 29.0 Å². The third-order valence-electron chi connectivity index (χ3n) is 2.28. The molecular weight excluding hydrogens is 162 g/mol. The molecule has 0 aromatic rings. The molecular formula is C11H17NO. The fourth-order valence-corrected chi connectivity index (χ4v) is 1.56. The molecule has 0 amide bonds. The normalized spacial score (nSPS) is 23.8. The average Bonchev–Trinajstić information content (AvgIpc) is 2.17. The van der Waals surface area contributed by atoms with Crippen LogP contribution in [0, 0.1) is 5.92 Å². The number of nitrogens with zero attached hydrogens (tertiary/aromatic N) is 1. The molecule has 0 radical (unpaired) electrons. The van der Waals surface area contributed by atoms with Crippen LogP contribution in [0.4, 0.5) is 0 Å². The van der Waals surface area contributed by atoms with Crippen molar-refractivity contribution in [2.75, 3.05) is 7.11 Å². The molecule has 0 aromatic heterocycles. The molecule has 0 spiro atoms. The summed E-state index contributed by atoms with van der Waals surface area (Å²) in [5.41, 5.74) is 1.29. The van der Waals surface area contributed by atoms with E-state index in [-0.39, 0.29) is 0 Å². The van der Waals surface area contributed by atoms with E-state index in [1.165, 1.54) is 12.0 Å². The summed E-state index contributed by atoms with van der Waals surface area (Å²) in [4.78, 5) is 4.63. The first-order valence-electron chi connectivity index (χ1n) is 4.75. The average molecular weight is 179 g/mol. The van der Waals surface area contributed by atoms with Crippen molar-refractivity contribution < 1.29 is 4.84 Å². The van der Waals surface area contributed by atoms with E-state index in [1.54, 1.807) is 7.11 Å². The Balaban J connectivity index is 2.43. The molecule has 0 bridgehead atoms. The van der Waals surface area contributed by atoms with Crippen LogP contribution in [0.25, 0.3) is 0 Å². The zero-order valence-electron chi connectivity index (χ0n) is 8.36. The van der Waals surface area contributed by atoms with E-state index in [1.807, 2.05) is 6.21 Å². The van der Waals surface area contributed by atoms with Gasteiger partial charge in [0, 0.05) is 0 Å². The van der Waals surface area contributed by atoms with Crippen LogP contribution in [0.5, 0.6) is 0 Å². The van der Waals surface area contributed by atoms with Gasteiger partial charge in [-0.15, -0.1) is 0 Å². The molecule has 0 N–H and O–H groups in total. The molecule has 1 aliphatic carbocycles. The lowest BCUT2D eigenvalue weighted by molar-refractivity contribution is 0.215. The smallest absolute Gasteiger partial charge is 0.106 e. The molecule has 0 fully saturated rings. The van der Waals surface area contributed by atoms with Crippen molar-refractivity contribution >= 4 is 6.21 Å². The van der Waals surface area contributed by atoms with E-state index < -0.39 is 0 Å². The molecule has 1 unspecified atom stereocenters. The number of allylic oxidation sites excluding steroid dienone is 4. The minimum atomic E-state index is 0.727. The van der Waals surface area contributed by atoms with Gasteiger partial charge < -0.3 is 4.84 Å². The van der Waals surface area contributed by atoms with Crippen LogP contribution in [0.1, 0.15) is 26.2 Å². The predicted octanol–water partition coefficient (Wildman–Crippen LogP) is 2.92. The van der Waals surface area contributed by atoms with Gasteiger partial charge in [-0.25, -0.2) is 0 Å². The third kappa shape index (κ3) is 3.45. The first-order chi connectivity index (χ1) is 6.36. The first kappa shape index (κ1) is 10.0. The quantitative estimate of drug-likeness (QED) is 0.371. The lowest BCUT2D eigenvalue weighted by Gasteiger charge is -2.16. The Hall–Kier alpha value is -1.05. The number of hydrogen-bond donors (Lipinski definition) is 0. The van der Waals surface area contributed by atoms with Gasteiger partial charge in [0.25, 0.3) is 0 Å². The Morgan fingerprint density at radius 1 is 1.62 bits per heavy atom. The summed E-state index contributed by atoms with van der Waals surface area (Å²) in [6, 6.07) is 0. The van der Waals surface area contributed by atoms with Crippen LogP contribution >= 0.6 is 0 Å². The second kappa shape index (κ2) is 5.57. The zero-order valence-corrected chi connectivity index (χ0v) is 8.36. The summed E-state index contributed by atoms with van der Waals surface area (Å²) in [6.45, 7) is 2.08. The van der Waals surface area contributed by atoms with Gasteiger partial charge in [0.05, 0.1) is 6.21 Å². The molecule has 2 heteroatoms. The molecule has 1 aliphatic rings. The van der Waals surface area contributed by atoms with Gasteiger partial charge in [0.2, 0.25) is 0 Å². The maximum Gasteiger partial charge on any atom is 0.106 e. The maximum absolute atomic E-state index is 4.63. The SMILES string of the molecule is C/C=C/C1CC=C(/C=N/OC)CC1. The van der Waals surface area contributed by atoms with Gasteiger partial charge >= 0.3 is 0 Å². The molecule has 0 saturated carbocycles. The molecule has 0 aromatic carbocycles. The van der Waals surface area contributed by atoms with Gasteiger partial charge in [-0.3, -0.25) is 0 Å². The molecule has 72 valence electrons. The van der Waals surface area contributed by atoms with E-state index in [0.29, 0.717) is 0 Å². The van der Waals surface area contributed by atoms with E-state index in [4.69, 9.17) is 0 Å². The van der Waals surface area contributed by atoms with Crippen LogP contribution in [-0.4, -0.2) is 13.3 Å². The molecule has 0 aliphatic heterocycles.